The van der Waals surface area contributed by atoms with Gasteiger partial charge in [-0.1, -0.05) is 13.3 Å². The SMILES string of the molecule is CCCc1cc(=O)n2[nH]c(C3CCNCC3)nc2c1. The molecule has 0 aromatic carbocycles. The van der Waals surface area contributed by atoms with Crippen LogP contribution in [0.15, 0.2) is 16.9 Å². The molecule has 0 aliphatic carbocycles. The summed E-state index contributed by atoms with van der Waals surface area (Å²) in [4.78, 5) is 16.7. The normalized spacial score (nSPS) is 17.1. The average Bonchev–Trinajstić information content (AvgIpc) is 2.85. The molecule has 5 heteroatoms. The van der Waals surface area contributed by atoms with Gasteiger partial charge in [-0.05, 0) is 44.0 Å². The molecule has 2 aromatic heterocycles. The van der Waals surface area contributed by atoms with Crippen molar-refractivity contribution in [2.24, 2.45) is 0 Å². The van der Waals surface area contributed by atoms with E-state index in [-0.39, 0.29) is 5.56 Å². The van der Waals surface area contributed by atoms with E-state index in [1.807, 2.05) is 6.07 Å². The molecule has 3 heterocycles. The topological polar surface area (TPSA) is 62.2 Å². The molecule has 1 saturated heterocycles. The zero-order chi connectivity index (χ0) is 13.2. The van der Waals surface area contributed by atoms with Gasteiger partial charge in [0.05, 0.1) is 0 Å². The van der Waals surface area contributed by atoms with E-state index in [2.05, 4.69) is 22.3 Å². The van der Waals surface area contributed by atoms with Crippen LogP contribution < -0.4 is 10.9 Å². The molecule has 0 radical (unpaired) electrons. The van der Waals surface area contributed by atoms with Crippen molar-refractivity contribution in [1.29, 1.82) is 0 Å². The number of aromatic nitrogens is 3. The summed E-state index contributed by atoms with van der Waals surface area (Å²) in [7, 11) is 0. The van der Waals surface area contributed by atoms with Crippen LogP contribution in [0.2, 0.25) is 0 Å². The number of nitrogens with zero attached hydrogens (tertiary/aromatic N) is 2. The van der Waals surface area contributed by atoms with Crippen LogP contribution in [-0.2, 0) is 6.42 Å². The van der Waals surface area contributed by atoms with Gasteiger partial charge in [0, 0.05) is 12.0 Å². The maximum Gasteiger partial charge on any atom is 0.271 e. The van der Waals surface area contributed by atoms with Crippen molar-refractivity contribution in [2.75, 3.05) is 13.1 Å². The molecule has 0 saturated carbocycles. The third-order valence-corrected chi connectivity index (χ3v) is 3.80. The second-order valence-electron chi connectivity index (χ2n) is 5.28. The van der Waals surface area contributed by atoms with Gasteiger partial charge in [-0.15, -0.1) is 0 Å². The molecule has 0 amide bonds. The minimum absolute atomic E-state index is 0.00589. The number of hydrogen-bond donors (Lipinski definition) is 2. The van der Waals surface area contributed by atoms with Crippen molar-refractivity contribution >= 4 is 5.65 Å². The van der Waals surface area contributed by atoms with Crippen molar-refractivity contribution in [3.05, 3.63) is 33.9 Å². The van der Waals surface area contributed by atoms with Crippen molar-refractivity contribution in [3.63, 3.8) is 0 Å². The third-order valence-electron chi connectivity index (χ3n) is 3.80. The van der Waals surface area contributed by atoms with E-state index in [4.69, 9.17) is 0 Å². The fourth-order valence-corrected chi connectivity index (χ4v) is 2.78. The molecular formula is C14H20N4O. The molecule has 1 fully saturated rings. The van der Waals surface area contributed by atoms with Gasteiger partial charge >= 0.3 is 0 Å². The van der Waals surface area contributed by atoms with Gasteiger partial charge in [0.1, 0.15) is 5.82 Å². The minimum atomic E-state index is -0.00589. The zero-order valence-electron chi connectivity index (χ0n) is 11.3. The summed E-state index contributed by atoms with van der Waals surface area (Å²) < 4.78 is 1.57. The first kappa shape index (κ1) is 12.4. The number of H-pyrrole nitrogens is 1. The molecule has 1 aliphatic rings. The van der Waals surface area contributed by atoms with Crippen LogP contribution in [0.3, 0.4) is 0 Å². The van der Waals surface area contributed by atoms with Gasteiger partial charge in [0.15, 0.2) is 5.65 Å². The van der Waals surface area contributed by atoms with Crippen LogP contribution in [0.5, 0.6) is 0 Å². The Morgan fingerprint density at radius 2 is 2.16 bits per heavy atom. The molecule has 3 rings (SSSR count). The van der Waals surface area contributed by atoms with Crippen molar-refractivity contribution in [1.82, 2.24) is 19.9 Å². The van der Waals surface area contributed by atoms with Crippen molar-refractivity contribution in [2.45, 2.75) is 38.5 Å². The van der Waals surface area contributed by atoms with E-state index < -0.39 is 0 Å². The minimum Gasteiger partial charge on any atom is -0.317 e. The highest BCUT2D eigenvalue weighted by molar-refractivity contribution is 5.41. The fourth-order valence-electron chi connectivity index (χ4n) is 2.78. The maximum atomic E-state index is 12.0. The summed E-state index contributed by atoms with van der Waals surface area (Å²) in [5.74, 6) is 1.39. The molecule has 19 heavy (non-hydrogen) atoms. The smallest absolute Gasteiger partial charge is 0.271 e. The first-order valence-corrected chi connectivity index (χ1v) is 7.10. The monoisotopic (exact) mass is 260 g/mol. The predicted molar refractivity (Wildman–Crippen MR) is 74.7 cm³/mol. The van der Waals surface area contributed by atoms with E-state index in [0.717, 1.165) is 55.8 Å². The van der Waals surface area contributed by atoms with E-state index in [0.29, 0.717) is 5.92 Å². The molecule has 0 atom stereocenters. The van der Waals surface area contributed by atoms with E-state index in [1.165, 1.54) is 0 Å². The van der Waals surface area contributed by atoms with Crippen LogP contribution in [0.1, 0.15) is 43.5 Å². The molecule has 0 unspecified atom stereocenters. The van der Waals surface area contributed by atoms with E-state index in [9.17, 15) is 4.79 Å². The predicted octanol–water partition coefficient (Wildman–Crippen LogP) is 1.44. The Kier molecular flexibility index (Phi) is 3.38. The van der Waals surface area contributed by atoms with Crippen LogP contribution in [0.4, 0.5) is 0 Å². The highest BCUT2D eigenvalue weighted by Gasteiger charge is 2.19. The molecule has 2 N–H and O–H groups in total. The molecule has 5 nitrogen and oxygen atoms in total. The molecule has 1 aliphatic heterocycles. The number of rotatable bonds is 3. The van der Waals surface area contributed by atoms with Gasteiger partial charge in [-0.25, -0.2) is 9.50 Å². The number of fused-ring (bicyclic) bond motifs is 1. The fraction of sp³-hybridized carbons (Fsp3) is 0.571. The largest absolute Gasteiger partial charge is 0.317 e. The Morgan fingerprint density at radius 1 is 1.37 bits per heavy atom. The number of pyridine rings is 1. The van der Waals surface area contributed by atoms with Gasteiger partial charge in [-0.2, -0.15) is 0 Å². The number of hydrogen-bond acceptors (Lipinski definition) is 3. The Balaban J connectivity index is 1.99. The lowest BCUT2D eigenvalue weighted by Gasteiger charge is -2.19. The summed E-state index contributed by atoms with van der Waals surface area (Å²) in [6.45, 7) is 4.17. The van der Waals surface area contributed by atoms with Crippen LogP contribution in [0, 0.1) is 0 Å². The van der Waals surface area contributed by atoms with Crippen LogP contribution in [-0.4, -0.2) is 27.7 Å². The number of aryl methyl sites for hydroxylation is 1. The molecule has 102 valence electrons. The van der Waals surface area contributed by atoms with Gasteiger partial charge in [0.2, 0.25) is 0 Å². The number of nitrogens with one attached hydrogen (secondary N) is 2. The van der Waals surface area contributed by atoms with Crippen molar-refractivity contribution in [3.8, 4) is 0 Å². The summed E-state index contributed by atoms with van der Waals surface area (Å²) in [6.07, 6.45) is 4.13. The Hall–Kier alpha value is -1.62. The first-order valence-electron chi connectivity index (χ1n) is 7.10. The lowest BCUT2D eigenvalue weighted by Crippen LogP contribution is -2.27. The molecular weight excluding hydrogens is 240 g/mol. The van der Waals surface area contributed by atoms with Crippen LogP contribution in [0.25, 0.3) is 5.65 Å². The van der Waals surface area contributed by atoms with E-state index in [1.54, 1.807) is 10.6 Å². The molecule has 2 aromatic rings. The number of piperidine rings is 1. The zero-order valence-corrected chi connectivity index (χ0v) is 11.3. The summed E-state index contributed by atoms with van der Waals surface area (Å²) >= 11 is 0. The Morgan fingerprint density at radius 3 is 2.89 bits per heavy atom. The summed E-state index contributed by atoms with van der Waals surface area (Å²) in [5.41, 5.74) is 1.83. The highest BCUT2D eigenvalue weighted by atomic mass is 16.1. The summed E-state index contributed by atoms with van der Waals surface area (Å²) in [6, 6.07) is 3.73. The lowest BCUT2D eigenvalue weighted by molar-refractivity contribution is 0.445. The first-order chi connectivity index (χ1) is 9.28. The highest BCUT2D eigenvalue weighted by Crippen LogP contribution is 2.22. The number of aromatic amines is 1. The lowest BCUT2D eigenvalue weighted by atomic mass is 9.98. The Labute approximate surface area is 112 Å². The van der Waals surface area contributed by atoms with Gasteiger partial charge in [0.25, 0.3) is 5.56 Å². The van der Waals surface area contributed by atoms with Gasteiger partial charge in [-0.3, -0.25) is 9.89 Å². The average molecular weight is 260 g/mol. The van der Waals surface area contributed by atoms with E-state index >= 15 is 0 Å². The molecule has 0 spiro atoms. The van der Waals surface area contributed by atoms with Crippen molar-refractivity contribution < 1.29 is 0 Å². The third kappa shape index (κ3) is 2.42. The van der Waals surface area contributed by atoms with Gasteiger partial charge < -0.3 is 5.32 Å². The molecule has 0 bridgehead atoms. The summed E-state index contributed by atoms with van der Waals surface area (Å²) in [5, 5.41) is 6.51. The standard InChI is InChI=1S/C14H20N4O/c1-2-3-10-8-12-16-14(11-4-6-15-7-5-11)17-18(12)13(19)9-10/h8-9,11,15H,2-7H2,1H3,(H,16,17). The second kappa shape index (κ2) is 5.17. The Bertz CT molecular complexity index is 622. The maximum absolute atomic E-state index is 12.0. The second-order valence-corrected chi connectivity index (χ2v) is 5.28. The van der Waals surface area contributed by atoms with Crippen LogP contribution >= 0.6 is 0 Å². The quantitative estimate of drug-likeness (QED) is 0.878.